The lowest BCUT2D eigenvalue weighted by molar-refractivity contribution is -0.123. The molecule has 0 spiro atoms. The molecule has 1 aromatic rings. The maximum absolute atomic E-state index is 12.8. The van der Waals surface area contributed by atoms with Crippen molar-refractivity contribution in [3.05, 3.63) is 35.6 Å². The quantitative estimate of drug-likeness (QED) is 0.818. The van der Waals surface area contributed by atoms with Gasteiger partial charge in [0.25, 0.3) is 0 Å². The normalized spacial score (nSPS) is 29.1. The number of carbonyl (C=O) groups is 1. The molecule has 0 radical (unpaired) electrons. The number of benzene rings is 1. The first kappa shape index (κ1) is 14.1. The molecule has 2 saturated heterocycles. The highest BCUT2D eigenvalue weighted by molar-refractivity contribution is 8.00. The van der Waals surface area contributed by atoms with Gasteiger partial charge in [0.15, 0.2) is 0 Å². The summed E-state index contributed by atoms with van der Waals surface area (Å²) in [5.74, 6) is 0.496. The van der Waals surface area contributed by atoms with Crippen molar-refractivity contribution in [1.29, 1.82) is 0 Å². The summed E-state index contributed by atoms with van der Waals surface area (Å²) in [5, 5.41) is 1.45. The number of hydrogen-bond acceptors (Lipinski definition) is 2. The summed E-state index contributed by atoms with van der Waals surface area (Å²) in [4.78, 5) is 12.4. The Balaban J connectivity index is 1.52. The molecule has 0 aromatic heterocycles. The van der Waals surface area contributed by atoms with Crippen molar-refractivity contribution in [2.45, 2.75) is 55.4 Å². The van der Waals surface area contributed by atoms with Crippen molar-refractivity contribution in [3.63, 3.8) is 0 Å². The van der Waals surface area contributed by atoms with Crippen molar-refractivity contribution < 1.29 is 9.18 Å². The van der Waals surface area contributed by atoms with Crippen molar-refractivity contribution in [2.24, 2.45) is 5.92 Å². The molecule has 3 heteroatoms. The molecule has 2 atom stereocenters. The molecular weight excluding hydrogens is 271 g/mol. The van der Waals surface area contributed by atoms with Gasteiger partial charge in [0.1, 0.15) is 11.6 Å². The first-order chi connectivity index (χ1) is 9.70. The second-order valence-electron chi connectivity index (χ2n) is 6.07. The molecule has 2 aliphatic heterocycles. The lowest BCUT2D eigenvalue weighted by Gasteiger charge is -2.38. The Hall–Kier alpha value is -0.830. The fourth-order valence-electron chi connectivity index (χ4n) is 3.44. The van der Waals surface area contributed by atoms with Crippen LogP contribution in [0.1, 0.15) is 44.1 Å². The summed E-state index contributed by atoms with van der Waals surface area (Å²) in [6.07, 6.45) is 7.47. The minimum absolute atomic E-state index is 0.211. The molecule has 2 fully saturated rings. The summed E-state index contributed by atoms with van der Waals surface area (Å²) in [7, 11) is 0. The summed E-state index contributed by atoms with van der Waals surface area (Å²) in [6, 6.07) is 6.52. The van der Waals surface area contributed by atoms with E-state index in [-0.39, 0.29) is 11.7 Å². The molecule has 2 aliphatic rings. The molecule has 108 valence electrons. The van der Waals surface area contributed by atoms with Gasteiger partial charge in [-0.05, 0) is 49.8 Å². The molecule has 3 rings (SSSR count). The number of ketones is 1. The predicted molar refractivity (Wildman–Crippen MR) is 81.5 cm³/mol. The van der Waals surface area contributed by atoms with Gasteiger partial charge in [-0.25, -0.2) is 4.39 Å². The van der Waals surface area contributed by atoms with E-state index in [1.807, 2.05) is 0 Å². The van der Waals surface area contributed by atoms with Crippen LogP contribution in [0.3, 0.4) is 0 Å². The van der Waals surface area contributed by atoms with Crippen LogP contribution in [0.15, 0.2) is 24.3 Å². The Morgan fingerprint density at radius 2 is 1.80 bits per heavy atom. The van der Waals surface area contributed by atoms with E-state index in [9.17, 15) is 9.18 Å². The third-order valence-electron chi connectivity index (χ3n) is 4.56. The highest BCUT2D eigenvalue weighted by Crippen LogP contribution is 2.44. The highest BCUT2D eigenvalue weighted by atomic mass is 32.2. The van der Waals surface area contributed by atoms with E-state index in [1.54, 1.807) is 12.1 Å². The fraction of sp³-hybridized carbons (Fsp3) is 0.588. The molecule has 0 amide bonds. The number of hydrogen-bond donors (Lipinski definition) is 0. The van der Waals surface area contributed by atoms with Crippen LogP contribution in [0.2, 0.25) is 0 Å². The first-order valence-electron chi connectivity index (χ1n) is 7.63. The molecule has 1 aromatic carbocycles. The third-order valence-corrected chi connectivity index (χ3v) is 6.19. The lowest BCUT2D eigenvalue weighted by atomic mass is 9.85. The maximum Gasteiger partial charge on any atom is 0.136 e. The van der Waals surface area contributed by atoms with E-state index in [1.165, 1.54) is 31.4 Å². The molecular formula is C17H21FOS. The monoisotopic (exact) mass is 292 g/mol. The van der Waals surface area contributed by atoms with Crippen LogP contribution in [0, 0.1) is 11.7 Å². The molecule has 20 heavy (non-hydrogen) atoms. The van der Waals surface area contributed by atoms with E-state index in [0.29, 0.717) is 12.2 Å². The van der Waals surface area contributed by atoms with Crippen molar-refractivity contribution >= 4 is 17.5 Å². The lowest BCUT2D eigenvalue weighted by Crippen LogP contribution is -2.33. The van der Waals surface area contributed by atoms with Gasteiger partial charge in [-0.3, -0.25) is 4.79 Å². The number of Topliss-reactive ketones (excluding diaryl/α,β-unsaturated/α-hetero) is 1. The van der Waals surface area contributed by atoms with Gasteiger partial charge in [0.05, 0.1) is 0 Å². The van der Waals surface area contributed by atoms with Gasteiger partial charge in [-0.2, -0.15) is 11.8 Å². The number of halogens is 1. The van der Waals surface area contributed by atoms with Gasteiger partial charge in [0.2, 0.25) is 0 Å². The Morgan fingerprint density at radius 1 is 1.15 bits per heavy atom. The predicted octanol–water partition coefficient (Wildman–Crippen LogP) is 4.39. The Morgan fingerprint density at radius 3 is 2.45 bits per heavy atom. The molecule has 2 bridgehead atoms. The largest absolute Gasteiger partial charge is 0.299 e. The van der Waals surface area contributed by atoms with E-state index < -0.39 is 0 Å². The van der Waals surface area contributed by atoms with Gasteiger partial charge in [-0.15, -0.1) is 0 Å². The summed E-state index contributed by atoms with van der Waals surface area (Å²) in [5.41, 5.74) is 1.06. The van der Waals surface area contributed by atoms with Crippen LogP contribution >= 0.6 is 11.8 Å². The topological polar surface area (TPSA) is 17.1 Å². The van der Waals surface area contributed by atoms with Crippen LogP contribution in [0.25, 0.3) is 0 Å². The number of aryl methyl sites for hydroxylation is 1. The van der Waals surface area contributed by atoms with E-state index in [4.69, 9.17) is 0 Å². The minimum atomic E-state index is -0.211. The smallest absolute Gasteiger partial charge is 0.136 e. The van der Waals surface area contributed by atoms with Gasteiger partial charge in [0, 0.05) is 22.8 Å². The summed E-state index contributed by atoms with van der Waals surface area (Å²) < 4.78 is 12.8. The fourth-order valence-corrected chi connectivity index (χ4v) is 5.28. The Labute approximate surface area is 124 Å². The van der Waals surface area contributed by atoms with Crippen LogP contribution in [0.4, 0.5) is 4.39 Å². The summed E-state index contributed by atoms with van der Waals surface area (Å²) >= 11 is 2.12. The highest BCUT2D eigenvalue weighted by Gasteiger charge is 2.35. The zero-order valence-electron chi connectivity index (χ0n) is 11.7. The zero-order valence-corrected chi connectivity index (χ0v) is 12.5. The van der Waals surface area contributed by atoms with Crippen molar-refractivity contribution in [2.75, 3.05) is 0 Å². The first-order valence-corrected chi connectivity index (χ1v) is 8.57. The van der Waals surface area contributed by atoms with Gasteiger partial charge < -0.3 is 0 Å². The standard InChI is InChI=1S/C17H21FOS/c18-14-7-4-12(5-8-14)6-9-17(19)13-10-15-2-1-3-16(11-13)20-15/h4-5,7-8,13,15-16H,1-3,6,9-11H2. The van der Waals surface area contributed by atoms with E-state index in [2.05, 4.69) is 11.8 Å². The maximum atomic E-state index is 12.8. The van der Waals surface area contributed by atoms with Crippen LogP contribution in [-0.2, 0) is 11.2 Å². The van der Waals surface area contributed by atoms with Crippen molar-refractivity contribution in [1.82, 2.24) is 0 Å². The SMILES string of the molecule is O=C(CCc1ccc(F)cc1)C1CC2CCCC(C1)S2. The average Bonchev–Trinajstić information content (AvgIpc) is 2.46. The minimum Gasteiger partial charge on any atom is -0.299 e. The van der Waals surface area contributed by atoms with Gasteiger partial charge in [-0.1, -0.05) is 18.6 Å². The van der Waals surface area contributed by atoms with Gasteiger partial charge >= 0.3 is 0 Å². The van der Waals surface area contributed by atoms with Crippen LogP contribution in [-0.4, -0.2) is 16.3 Å². The second-order valence-corrected chi connectivity index (χ2v) is 7.68. The summed E-state index contributed by atoms with van der Waals surface area (Å²) in [6.45, 7) is 0. The Kier molecular flexibility index (Phi) is 4.45. The van der Waals surface area contributed by atoms with Crippen LogP contribution < -0.4 is 0 Å². The number of rotatable bonds is 4. The Bertz CT molecular complexity index is 458. The number of thioether (sulfide) groups is 1. The molecule has 1 nitrogen and oxygen atoms in total. The van der Waals surface area contributed by atoms with E-state index in [0.717, 1.165) is 35.3 Å². The molecule has 0 N–H and O–H groups in total. The molecule has 0 saturated carbocycles. The second kappa shape index (κ2) is 6.30. The third kappa shape index (κ3) is 3.43. The number of carbonyl (C=O) groups excluding carboxylic acids is 1. The van der Waals surface area contributed by atoms with E-state index >= 15 is 0 Å². The average molecular weight is 292 g/mol. The molecule has 2 heterocycles. The number of fused-ring (bicyclic) bond motifs is 2. The zero-order chi connectivity index (χ0) is 13.9. The molecule has 0 aliphatic carbocycles. The van der Waals surface area contributed by atoms with Crippen LogP contribution in [0.5, 0.6) is 0 Å². The van der Waals surface area contributed by atoms with Crippen molar-refractivity contribution in [3.8, 4) is 0 Å². The molecule has 2 unspecified atom stereocenters.